The Balaban J connectivity index is 1.40. The Morgan fingerprint density at radius 3 is 2.50 bits per heavy atom. The second-order valence-electron chi connectivity index (χ2n) is 9.29. The van der Waals surface area contributed by atoms with E-state index in [0.29, 0.717) is 0 Å². The van der Waals surface area contributed by atoms with Gasteiger partial charge in [-0.15, -0.1) is 0 Å². The molecule has 2 aliphatic carbocycles. The molecule has 2 aromatic carbocycles. The Labute approximate surface area is 169 Å². The van der Waals surface area contributed by atoms with Crippen molar-refractivity contribution in [1.29, 1.82) is 0 Å². The maximum atomic E-state index is 6.10. The number of nitrogens with two attached hydrogens (primary N) is 1. The van der Waals surface area contributed by atoms with Crippen LogP contribution in [-0.4, -0.2) is 20.1 Å². The average Bonchev–Trinajstić information content (AvgIpc) is 3.61. The minimum absolute atomic E-state index is 0.800. The topological polar surface area (TPSA) is 32.5 Å². The summed E-state index contributed by atoms with van der Waals surface area (Å²) in [6.07, 6.45) is 9.31. The zero-order valence-corrected chi connectivity index (χ0v) is 17.2. The lowest BCUT2D eigenvalue weighted by molar-refractivity contribution is 0.817. The lowest BCUT2D eigenvalue weighted by atomic mass is 10.0. The summed E-state index contributed by atoms with van der Waals surface area (Å²) < 4.78 is 0. The molecule has 3 nitrogen and oxygen atoms in total. The van der Waals surface area contributed by atoms with Crippen LogP contribution in [0.25, 0.3) is 0 Å². The highest BCUT2D eigenvalue weighted by Gasteiger charge is 2.26. The van der Waals surface area contributed by atoms with Crippen LogP contribution in [0.15, 0.2) is 36.4 Å². The van der Waals surface area contributed by atoms with Gasteiger partial charge in [0.25, 0.3) is 0 Å². The second kappa shape index (κ2) is 7.35. The molecule has 1 heterocycles. The van der Waals surface area contributed by atoms with E-state index >= 15 is 0 Å². The highest BCUT2D eigenvalue weighted by Crippen LogP contribution is 2.42. The number of rotatable bonds is 7. The second-order valence-corrected chi connectivity index (χ2v) is 9.29. The summed E-state index contributed by atoms with van der Waals surface area (Å²) >= 11 is 0. The molecule has 3 aliphatic rings. The van der Waals surface area contributed by atoms with Gasteiger partial charge in [0.05, 0.1) is 0 Å². The van der Waals surface area contributed by atoms with Crippen LogP contribution in [-0.2, 0) is 13.0 Å². The van der Waals surface area contributed by atoms with E-state index in [4.69, 9.17) is 5.73 Å². The highest BCUT2D eigenvalue weighted by atomic mass is 15.1. The largest absolute Gasteiger partial charge is 0.399 e. The Hall–Kier alpha value is -2.16. The Bertz CT molecular complexity index is 845. The Kier molecular flexibility index (Phi) is 4.70. The van der Waals surface area contributed by atoms with Crippen LogP contribution in [0, 0.1) is 5.92 Å². The van der Waals surface area contributed by atoms with Crippen molar-refractivity contribution in [3.05, 3.63) is 53.1 Å². The summed E-state index contributed by atoms with van der Waals surface area (Å²) in [6, 6.07) is 13.8. The van der Waals surface area contributed by atoms with Crippen LogP contribution >= 0.6 is 0 Å². The Morgan fingerprint density at radius 2 is 1.79 bits per heavy atom. The molecule has 0 aromatic heterocycles. The van der Waals surface area contributed by atoms with E-state index in [1.807, 2.05) is 0 Å². The third kappa shape index (κ3) is 3.99. The fourth-order valence-electron chi connectivity index (χ4n) is 4.73. The SMILES string of the molecule is CN(Cc1cc(C2CC2)cc(N2CCCC2)c1)c1ccc(N)cc1CC1CC1. The number of hydrogen-bond donors (Lipinski definition) is 1. The van der Waals surface area contributed by atoms with Crippen molar-refractivity contribution in [3.8, 4) is 0 Å². The van der Waals surface area contributed by atoms with Gasteiger partial charge in [0.2, 0.25) is 0 Å². The van der Waals surface area contributed by atoms with E-state index < -0.39 is 0 Å². The van der Waals surface area contributed by atoms with Gasteiger partial charge in [-0.3, -0.25) is 0 Å². The standard InChI is InChI=1S/C25H33N3/c1-27(25-9-8-23(26)15-22(25)12-18-4-5-18)17-19-13-21(20-6-7-20)16-24(14-19)28-10-2-3-11-28/h8-9,13-16,18,20H,2-7,10-12,17,26H2,1H3. The number of anilines is 3. The van der Waals surface area contributed by atoms with Crippen molar-refractivity contribution in [3.63, 3.8) is 0 Å². The molecule has 148 valence electrons. The van der Waals surface area contributed by atoms with Gasteiger partial charge in [-0.1, -0.05) is 6.07 Å². The molecule has 0 atom stereocenters. The van der Waals surface area contributed by atoms with Crippen LogP contribution in [0.3, 0.4) is 0 Å². The molecule has 0 unspecified atom stereocenters. The van der Waals surface area contributed by atoms with Crippen LogP contribution in [0.1, 0.15) is 61.1 Å². The quantitative estimate of drug-likeness (QED) is 0.663. The minimum Gasteiger partial charge on any atom is -0.399 e. The first-order valence-corrected chi connectivity index (χ1v) is 11.1. The molecule has 1 saturated heterocycles. The van der Waals surface area contributed by atoms with E-state index in [1.54, 1.807) is 5.56 Å². The molecule has 5 rings (SSSR count). The molecule has 3 fully saturated rings. The molecule has 2 N–H and O–H groups in total. The van der Waals surface area contributed by atoms with Crippen LogP contribution in [0.5, 0.6) is 0 Å². The smallest absolute Gasteiger partial charge is 0.0427 e. The maximum Gasteiger partial charge on any atom is 0.0427 e. The third-order valence-electron chi connectivity index (χ3n) is 6.66. The summed E-state index contributed by atoms with van der Waals surface area (Å²) in [5, 5.41) is 0. The predicted octanol–water partition coefficient (Wildman–Crippen LogP) is 5.34. The zero-order chi connectivity index (χ0) is 19.1. The molecule has 0 spiro atoms. The summed E-state index contributed by atoms with van der Waals surface area (Å²) in [4.78, 5) is 5.01. The molecule has 0 amide bonds. The van der Waals surface area contributed by atoms with E-state index in [2.05, 4.69) is 53.2 Å². The third-order valence-corrected chi connectivity index (χ3v) is 6.66. The first kappa shape index (κ1) is 17.9. The zero-order valence-electron chi connectivity index (χ0n) is 17.2. The summed E-state index contributed by atoms with van der Waals surface area (Å²) in [7, 11) is 2.24. The molecular weight excluding hydrogens is 342 g/mol. The summed E-state index contributed by atoms with van der Waals surface area (Å²) in [5.74, 6) is 1.67. The van der Waals surface area contributed by atoms with Crippen LogP contribution < -0.4 is 15.5 Å². The highest BCUT2D eigenvalue weighted by molar-refractivity contribution is 5.61. The maximum absolute atomic E-state index is 6.10. The summed E-state index contributed by atoms with van der Waals surface area (Å²) in [6.45, 7) is 3.39. The molecule has 3 heteroatoms. The molecule has 1 aliphatic heterocycles. The van der Waals surface area contributed by atoms with E-state index in [0.717, 1.165) is 24.1 Å². The van der Waals surface area contributed by atoms with E-state index in [-0.39, 0.29) is 0 Å². The van der Waals surface area contributed by atoms with Crippen molar-refractivity contribution in [1.82, 2.24) is 0 Å². The van der Waals surface area contributed by atoms with Crippen LogP contribution in [0.2, 0.25) is 0 Å². The Morgan fingerprint density at radius 1 is 1.00 bits per heavy atom. The van der Waals surface area contributed by atoms with Crippen LogP contribution in [0.4, 0.5) is 17.1 Å². The fraction of sp³-hybridized carbons (Fsp3) is 0.520. The van der Waals surface area contributed by atoms with Gasteiger partial charge < -0.3 is 15.5 Å². The van der Waals surface area contributed by atoms with Crippen molar-refractivity contribution in [2.24, 2.45) is 5.92 Å². The van der Waals surface area contributed by atoms with Crippen molar-refractivity contribution >= 4 is 17.1 Å². The van der Waals surface area contributed by atoms with Crippen molar-refractivity contribution in [2.75, 3.05) is 35.7 Å². The minimum atomic E-state index is 0.800. The van der Waals surface area contributed by atoms with Crippen molar-refractivity contribution in [2.45, 2.75) is 57.4 Å². The van der Waals surface area contributed by atoms with Gasteiger partial charge in [-0.25, -0.2) is 0 Å². The first-order valence-electron chi connectivity index (χ1n) is 11.1. The van der Waals surface area contributed by atoms with Gasteiger partial charge in [0.15, 0.2) is 0 Å². The molecule has 2 aromatic rings. The number of nitrogens with zero attached hydrogens (tertiary/aromatic N) is 2. The van der Waals surface area contributed by atoms with E-state index in [1.165, 1.54) is 80.5 Å². The van der Waals surface area contributed by atoms with Gasteiger partial charge in [-0.05, 0) is 104 Å². The molecule has 0 bridgehead atoms. The lowest BCUT2D eigenvalue weighted by Gasteiger charge is -2.25. The lowest BCUT2D eigenvalue weighted by Crippen LogP contribution is -2.20. The average molecular weight is 376 g/mol. The van der Waals surface area contributed by atoms with Gasteiger partial charge in [0.1, 0.15) is 0 Å². The first-order chi connectivity index (χ1) is 13.7. The molecule has 0 radical (unpaired) electrons. The number of nitrogen functional groups attached to an aromatic ring is 1. The van der Waals surface area contributed by atoms with Gasteiger partial charge >= 0.3 is 0 Å². The molecule has 28 heavy (non-hydrogen) atoms. The van der Waals surface area contributed by atoms with Crippen molar-refractivity contribution < 1.29 is 0 Å². The van der Waals surface area contributed by atoms with Gasteiger partial charge in [0, 0.05) is 43.7 Å². The number of benzene rings is 2. The fourth-order valence-corrected chi connectivity index (χ4v) is 4.73. The monoisotopic (exact) mass is 375 g/mol. The molecule has 2 saturated carbocycles. The predicted molar refractivity (Wildman–Crippen MR) is 119 cm³/mol. The summed E-state index contributed by atoms with van der Waals surface area (Å²) in [5.41, 5.74) is 14.2. The molecular formula is C25H33N3. The normalized spacial score (nSPS) is 19.2. The van der Waals surface area contributed by atoms with E-state index in [9.17, 15) is 0 Å². The number of hydrogen-bond acceptors (Lipinski definition) is 3. The van der Waals surface area contributed by atoms with Gasteiger partial charge in [-0.2, -0.15) is 0 Å².